The maximum absolute atomic E-state index is 12.8. The molecule has 0 atom stereocenters. The second-order valence-electron chi connectivity index (χ2n) is 6.46. The molecular weight excluding hydrogens is 370 g/mol. The fourth-order valence-corrected chi connectivity index (χ4v) is 4.01. The van der Waals surface area contributed by atoms with Gasteiger partial charge in [0.15, 0.2) is 0 Å². The minimum atomic E-state index is -0.0622. The Morgan fingerprint density at radius 2 is 2.04 bits per heavy atom. The van der Waals surface area contributed by atoms with Crippen molar-refractivity contribution in [2.24, 2.45) is 0 Å². The van der Waals surface area contributed by atoms with Crippen molar-refractivity contribution in [1.29, 1.82) is 0 Å². The molecular formula is C22H21N3O2S. The molecule has 4 aromatic rings. The number of rotatable bonds is 7. The number of methoxy groups -OCH3 is 1. The van der Waals surface area contributed by atoms with E-state index >= 15 is 0 Å². The normalized spacial score (nSPS) is 10.9. The van der Waals surface area contributed by atoms with Gasteiger partial charge in [-0.25, -0.2) is 0 Å². The van der Waals surface area contributed by atoms with Crippen LogP contribution in [0.1, 0.15) is 21.7 Å². The molecule has 3 heterocycles. The van der Waals surface area contributed by atoms with Crippen molar-refractivity contribution in [3.63, 3.8) is 0 Å². The molecule has 0 aliphatic rings. The number of aromatic nitrogens is 2. The predicted octanol–water partition coefficient (Wildman–Crippen LogP) is 4.13. The molecule has 0 saturated carbocycles. The number of fused-ring (bicyclic) bond motifs is 1. The summed E-state index contributed by atoms with van der Waals surface area (Å²) in [5.41, 5.74) is 3.85. The molecule has 0 fully saturated rings. The fraction of sp³-hybridized carbons (Fsp3) is 0.182. The van der Waals surface area contributed by atoms with E-state index in [1.165, 1.54) is 0 Å². The largest absolute Gasteiger partial charge is 0.497 e. The van der Waals surface area contributed by atoms with Crippen molar-refractivity contribution in [1.82, 2.24) is 14.9 Å². The molecule has 28 heavy (non-hydrogen) atoms. The van der Waals surface area contributed by atoms with Crippen LogP contribution in [0.5, 0.6) is 5.75 Å². The van der Waals surface area contributed by atoms with Crippen LogP contribution in [0.4, 0.5) is 0 Å². The highest BCUT2D eigenvalue weighted by Crippen LogP contribution is 2.26. The van der Waals surface area contributed by atoms with E-state index in [1.54, 1.807) is 24.6 Å². The van der Waals surface area contributed by atoms with E-state index in [0.29, 0.717) is 25.2 Å². The Kier molecular flexibility index (Phi) is 5.39. The number of hydrogen-bond donors (Lipinski definition) is 1. The summed E-state index contributed by atoms with van der Waals surface area (Å²) in [5.74, 6) is 0.761. The Hall–Kier alpha value is -3.12. The second-order valence-corrected chi connectivity index (χ2v) is 7.41. The number of benzene rings is 1. The molecule has 0 aliphatic heterocycles. The second kappa shape index (κ2) is 8.27. The molecule has 1 N–H and O–H groups in total. The van der Waals surface area contributed by atoms with Gasteiger partial charge in [-0.1, -0.05) is 18.2 Å². The number of pyridine rings is 1. The first-order chi connectivity index (χ1) is 13.7. The van der Waals surface area contributed by atoms with Crippen molar-refractivity contribution in [3.05, 3.63) is 83.1 Å². The molecule has 3 aromatic heterocycles. The van der Waals surface area contributed by atoms with Gasteiger partial charge < -0.3 is 14.6 Å². The molecule has 142 valence electrons. The lowest BCUT2D eigenvalue weighted by Crippen LogP contribution is -2.28. The van der Waals surface area contributed by atoms with E-state index in [-0.39, 0.29) is 5.91 Å². The molecule has 6 heteroatoms. The first-order valence-electron chi connectivity index (χ1n) is 9.12. The van der Waals surface area contributed by atoms with Crippen molar-refractivity contribution in [2.75, 3.05) is 13.7 Å². The quantitative estimate of drug-likeness (QED) is 0.515. The maximum Gasteiger partial charge on any atom is 0.267 e. The average molecular weight is 391 g/mol. The molecule has 0 radical (unpaired) electrons. The van der Waals surface area contributed by atoms with Crippen molar-refractivity contribution >= 4 is 27.5 Å². The van der Waals surface area contributed by atoms with Crippen LogP contribution in [0.3, 0.4) is 0 Å². The van der Waals surface area contributed by atoms with Crippen LogP contribution in [0, 0.1) is 0 Å². The SMILES string of the molecule is COc1ccc(Cn2c(C(=O)NCCc3ccccn3)cc3sccc32)cc1. The number of carbonyl (C=O) groups is 1. The van der Waals surface area contributed by atoms with Crippen LogP contribution in [-0.4, -0.2) is 29.1 Å². The molecule has 0 bridgehead atoms. The lowest BCUT2D eigenvalue weighted by Gasteiger charge is -2.11. The molecule has 0 spiro atoms. The molecule has 0 saturated heterocycles. The van der Waals surface area contributed by atoms with Crippen LogP contribution in [0.2, 0.25) is 0 Å². The standard InChI is InChI=1S/C22H21N3O2S/c1-27-18-7-5-16(6-8-18)15-25-19-10-13-28-21(19)14-20(25)22(26)24-12-9-17-4-2-3-11-23-17/h2-8,10-11,13-14H,9,12,15H2,1H3,(H,24,26). The Bertz CT molecular complexity index is 1070. The third-order valence-corrected chi connectivity index (χ3v) is 5.50. The van der Waals surface area contributed by atoms with Crippen molar-refractivity contribution in [3.8, 4) is 5.75 Å². The Balaban J connectivity index is 1.52. The van der Waals surface area contributed by atoms with E-state index < -0.39 is 0 Å². The predicted molar refractivity (Wildman–Crippen MR) is 112 cm³/mol. The first-order valence-corrected chi connectivity index (χ1v) is 10.0. The zero-order valence-electron chi connectivity index (χ0n) is 15.6. The van der Waals surface area contributed by atoms with Crippen molar-refractivity contribution in [2.45, 2.75) is 13.0 Å². The summed E-state index contributed by atoms with van der Waals surface area (Å²) >= 11 is 1.65. The Labute approximate surface area is 167 Å². The summed E-state index contributed by atoms with van der Waals surface area (Å²) in [6.45, 7) is 1.18. The highest BCUT2D eigenvalue weighted by Gasteiger charge is 2.16. The monoisotopic (exact) mass is 391 g/mol. The molecule has 0 unspecified atom stereocenters. The number of nitrogens with one attached hydrogen (secondary N) is 1. The van der Waals surface area contributed by atoms with Crippen LogP contribution in [0.25, 0.3) is 10.2 Å². The minimum absolute atomic E-state index is 0.0622. The Morgan fingerprint density at radius 1 is 1.18 bits per heavy atom. The molecule has 1 amide bonds. The topological polar surface area (TPSA) is 56.1 Å². The molecule has 1 aromatic carbocycles. The third kappa shape index (κ3) is 3.92. The number of ether oxygens (including phenoxy) is 1. The van der Waals surface area contributed by atoms with Gasteiger partial charge in [-0.15, -0.1) is 11.3 Å². The Morgan fingerprint density at radius 3 is 2.79 bits per heavy atom. The lowest BCUT2D eigenvalue weighted by atomic mass is 10.2. The third-order valence-electron chi connectivity index (χ3n) is 4.65. The summed E-state index contributed by atoms with van der Waals surface area (Å²) in [6.07, 6.45) is 2.48. The van der Waals surface area contributed by atoms with Gasteiger partial charge in [0.05, 0.1) is 17.3 Å². The number of nitrogens with zero attached hydrogens (tertiary/aromatic N) is 2. The van der Waals surface area contributed by atoms with E-state index in [9.17, 15) is 4.79 Å². The van der Waals surface area contributed by atoms with Gasteiger partial charge in [-0.05, 0) is 47.3 Å². The fourth-order valence-electron chi connectivity index (χ4n) is 3.19. The number of carbonyl (C=O) groups excluding carboxylic acids is 1. The maximum atomic E-state index is 12.8. The summed E-state index contributed by atoms with van der Waals surface area (Å²) in [7, 11) is 1.66. The van der Waals surface area contributed by atoms with Gasteiger partial charge in [0.2, 0.25) is 0 Å². The highest BCUT2D eigenvalue weighted by molar-refractivity contribution is 7.17. The van der Waals surface area contributed by atoms with Crippen LogP contribution in [0.15, 0.2) is 66.2 Å². The van der Waals surface area contributed by atoms with Gasteiger partial charge in [0.1, 0.15) is 11.4 Å². The minimum Gasteiger partial charge on any atom is -0.497 e. The highest BCUT2D eigenvalue weighted by atomic mass is 32.1. The van der Waals surface area contributed by atoms with Crippen LogP contribution < -0.4 is 10.1 Å². The molecule has 5 nitrogen and oxygen atoms in total. The van der Waals surface area contributed by atoms with Gasteiger partial charge in [0.25, 0.3) is 5.91 Å². The summed E-state index contributed by atoms with van der Waals surface area (Å²) in [5, 5.41) is 5.08. The van der Waals surface area contributed by atoms with Crippen LogP contribution >= 0.6 is 11.3 Å². The first kappa shape index (κ1) is 18.3. The van der Waals surface area contributed by atoms with Crippen LogP contribution in [-0.2, 0) is 13.0 Å². The lowest BCUT2D eigenvalue weighted by molar-refractivity contribution is 0.0945. The van der Waals surface area contributed by atoms with E-state index in [1.807, 2.05) is 48.5 Å². The summed E-state index contributed by atoms with van der Waals surface area (Å²) in [4.78, 5) is 17.1. The van der Waals surface area contributed by atoms with Gasteiger partial charge in [-0.3, -0.25) is 9.78 Å². The summed E-state index contributed by atoms with van der Waals surface area (Å²) < 4.78 is 8.42. The zero-order chi connectivity index (χ0) is 19.3. The van der Waals surface area contributed by atoms with Gasteiger partial charge in [0, 0.05) is 31.4 Å². The van der Waals surface area contributed by atoms with E-state index in [2.05, 4.69) is 26.3 Å². The number of thiophene rings is 1. The number of hydrogen-bond acceptors (Lipinski definition) is 4. The average Bonchev–Trinajstić information content (AvgIpc) is 3.32. The summed E-state index contributed by atoms with van der Waals surface area (Å²) in [6, 6.07) is 17.8. The zero-order valence-corrected chi connectivity index (χ0v) is 16.4. The molecule has 0 aliphatic carbocycles. The van der Waals surface area contributed by atoms with Gasteiger partial charge >= 0.3 is 0 Å². The smallest absolute Gasteiger partial charge is 0.267 e. The molecule has 4 rings (SSSR count). The van der Waals surface area contributed by atoms with Crippen molar-refractivity contribution < 1.29 is 9.53 Å². The van der Waals surface area contributed by atoms with E-state index in [4.69, 9.17) is 4.74 Å². The van der Waals surface area contributed by atoms with E-state index in [0.717, 1.165) is 27.2 Å². The van der Waals surface area contributed by atoms with Gasteiger partial charge in [-0.2, -0.15) is 0 Å². The number of amides is 1.